The molecule has 0 fully saturated rings. The molecule has 0 atom stereocenters. The molecular weight excluding hydrogens is 306 g/mol. The Morgan fingerprint density at radius 3 is 2.17 bits per heavy atom. The highest BCUT2D eigenvalue weighted by molar-refractivity contribution is 5.95. The van der Waals surface area contributed by atoms with Crippen LogP contribution >= 0.6 is 0 Å². The van der Waals surface area contributed by atoms with Gasteiger partial charge in [0.15, 0.2) is 0 Å². The molecule has 9 N–H and O–H groups in total. The van der Waals surface area contributed by atoms with Gasteiger partial charge in [-0.3, -0.25) is 17.1 Å². The molecule has 2 rings (SSSR count). The number of benzene rings is 2. The van der Waals surface area contributed by atoms with E-state index in [9.17, 15) is 4.79 Å². The SMILES string of the molecule is N=C(N)c1ccc(NCc2ccc(/C=C/C(=O)O)cc2)cc1.NN. The zero-order chi connectivity index (χ0) is 17.9. The quantitative estimate of drug-likeness (QED) is 0.155. The Morgan fingerprint density at radius 1 is 1.08 bits per heavy atom. The molecule has 7 heteroatoms. The highest BCUT2D eigenvalue weighted by atomic mass is 16.4. The number of carboxylic acids is 1. The lowest BCUT2D eigenvalue weighted by molar-refractivity contribution is -0.131. The molecule has 126 valence electrons. The molecule has 2 aromatic rings. The van der Waals surface area contributed by atoms with E-state index in [0.29, 0.717) is 12.1 Å². The number of hydrogen-bond acceptors (Lipinski definition) is 5. The molecule has 0 aliphatic heterocycles. The number of carboxylic acid groups (broad SMARTS) is 1. The van der Waals surface area contributed by atoms with Gasteiger partial charge in [-0.1, -0.05) is 24.3 Å². The van der Waals surface area contributed by atoms with Crippen LogP contribution in [0.15, 0.2) is 54.6 Å². The second-order valence-electron chi connectivity index (χ2n) is 4.76. The average molecular weight is 327 g/mol. The van der Waals surface area contributed by atoms with E-state index < -0.39 is 5.97 Å². The Hall–Kier alpha value is -3.16. The van der Waals surface area contributed by atoms with Crippen LogP contribution in [-0.4, -0.2) is 16.9 Å². The zero-order valence-electron chi connectivity index (χ0n) is 13.1. The van der Waals surface area contributed by atoms with Gasteiger partial charge in [0.1, 0.15) is 5.84 Å². The van der Waals surface area contributed by atoms with Gasteiger partial charge in [-0.15, -0.1) is 0 Å². The van der Waals surface area contributed by atoms with E-state index in [2.05, 4.69) is 17.0 Å². The average Bonchev–Trinajstić information content (AvgIpc) is 2.61. The molecule has 0 heterocycles. The van der Waals surface area contributed by atoms with Crippen LogP contribution < -0.4 is 22.7 Å². The zero-order valence-corrected chi connectivity index (χ0v) is 13.1. The van der Waals surface area contributed by atoms with E-state index in [-0.39, 0.29) is 5.84 Å². The van der Waals surface area contributed by atoms with E-state index in [1.807, 2.05) is 36.4 Å². The first kappa shape index (κ1) is 18.9. The first-order valence-electron chi connectivity index (χ1n) is 7.06. The summed E-state index contributed by atoms with van der Waals surface area (Å²) in [6.45, 7) is 0.655. The van der Waals surface area contributed by atoms with Crippen LogP contribution in [0.3, 0.4) is 0 Å². The van der Waals surface area contributed by atoms with Gasteiger partial charge >= 0.3 is 5.97 Å². The van der Waals surface area contributed by atoms with Crippen molar-refractivity contribution >= 4 is 23.6 Å². The van der Waals surface area contributed by atoms with Crippen LogP contribution in [0.4, 0.5) is 5.69 Å². The Labute approximate surface area is 140 Å². The van der Waals surface area contributed by atoms with Crippen molar-refractivity contribution in [1.82, 2.24) is 0 Å². The highest BCUT2D eigenvalue weighted by Gasteiger charge is 1.98. The number of rotatable bonds is 6. The molecule has 7 nitrogen and oxygen atoms in total. The second kappa shape index (κ2) is 9.78. The third-order valence-electron chi connectivity index (χ3n) is 3.09. The van der Waals surface area contributed by atoms with Gasteiger partial charge in [0.25, 0.3) is 0 Å². The molecule has 24 heavy (non-hydrogen) atoms. The van der Waals surface area contributed by atoms with Crippen LogP contribution in [0, 0.1) is 5.41 Å². The van der Waals surface area contributed by atoms with Crippen LogP contribution in [-0.2, 0) is 11.3 Å². The molecular formula is C17H21N5O2. The van der Waals surface area contributed by atoms with Crippen molar-refractivity contribution in [1.29, 1.82) is 5.41 Å². The summed E-state index contributed by atoms with van der Waals surface area (Å²) in [5.74, 6) is 7.09. The topological polar surface area (TPSA) is 151 Å². The van der Waals surface area contributed by atoms with Crippen molar-refractivity contribution in [2.45, 2.75) is 6.54 Å². The van der Waals surface area contributed by atoms with Gasteiger partial charge in [-0.2, -0.15) is 0 Å². The molecule has 2 aromatic carbocycles. The fourth-order valence-corrected chi connectivity index (χ4v) is 1.89. The summed E-state index contributed by atoms with van der Waals surface area (Å²) < 4.78 is 0. The van der Waals surface area contributed by atoms with E-state index in [1.165, 1.54) is 0 Å². The Bertz CT molecular complexity index is 694. The van der Waals surface area contributed by atoms with Gasteiger partial charge in [0.05, 0.1) is 0 Å². The summed E-state index contributed by atoms with van der Waals surface area (Å²) in [5.41, 5.74) is 8.98. The number of carbonyl (C=O) groups is 1. The van der Waals surface area contributed by atoms with Gasteiger partial charge in [0.2, 0.25) is 0 Å². The number of anilines is 1. The lowest BCUT2D eigenvalue weighted by Crippen LogP contribution is -2.10. The summed E-state index contributed by atoms with van der Waals surface area (Å²) in [4.78, 5) is 10.4. The first-order chi connectivity index (χ1) is 11.5. The number of nitrogens with two attached hydrogens (primary N) is 3. The highest BCUT2D eigenvalue weighted by Crippen LogP contribution is 2.12. The second-order valence-corrected chi connectivity index (χ2v) is 4.76. The van der Waals surface area contributed by atoms with Crippen molar-refractivity contribution in [2.24, 2.45) is 17.4 Å². The van der Waals surface area contributed by atoms with Crippen molar-refractivity contribution in [3.63, 3.8) is 0 Å². The Morgan fingerprint density at radius 2 is 1.67 bits per heavy atom. The first-order valence-corrected chi connectivity index (χ1v) is 7.06. The van der Waals surface area contributed by atoms with Crippen molar-refractivity contribution < 1.29 is 9.90 Å². The third-order valence-corrected chi connectivity index (χ3v) is 3.09. The summed E-state index contributed by atoms with van der Waals surface area (Å²) in [6, 6.07) is 15.0. The number of hydrazine groups is 1. The number of amidine groups is 1. The van der Waals surface area contributed by atoms with Crippen molar-refractivity contribution in [2.75, 3.05) is 5.32 Å². The summed E-state index contributed by atoms with van der Waals surface area (Å²) >= 11 is 0. The lowest BCUT2D eigenvalue weighted by atomic mass is 10.1. The maximum Gasteiger partial charge on any atom is 0.328 e. The van der Waals surface area contributed by atoms with Crippen molar-refractivity contribution in [3.8, 4) is 0 Å². The standard InChI is InChI=1S/C17H17N3O2.H4N2/c18-17(19)14-6-8-15(9-7-14)20-11-13-3-1-12(2-4-13)5-10-16(21)22;1-2/h1-10,20H,11H2,(H3,18,19)(H,21,22);1-2H2/b10-5+;. The van der Waals surface area contributed by atoms with Crippen molar-refractivity contribution in [3.05, 3.63) is 71.3 Å². The summed E-state index contributed by atoms with van der Waals surface area (Å²) in [5, 5.41) is 19.2. The van der Waals surface area contributed by atoms with Gasteiger partial charge in [-0.25, -0.2) is 4.79 Å². The molecule has 0 radical (unpaired) electrons. The van der Waals surface area contributed by atoms with Crippen LogP contribution in [0.2, 0.25) is 0 Å². The lowest BCUT2D eigenvalue weighted by Gasteiger charge is -2.07. The summed E-state index contributed by atoms with van der Waals surface area (Å²) in [6.07, 6.45) is 2.67. The number of nitrogens with one attached hydrogen (secondary N) is 2. The Balaban J connectivity index is 0.00000139. The third kappa shape index (κ3) is 6.30. The predicted octanol–water partition coefficient (Wildman–Crippen LogP) is 1.50. The number of nitrogen functional groups attached to an aromatic ring is 1. The van der Waals surface area contributed by atoms with Gasteiger partial charge in [-0.05, 0) is 41.5 Å². The van der Waals surface area contributed by atoms with E-state index in [1.54, 1.807) is 18.2 Å². The number of hydrogen-bond donors (Lipinski definition) is 6. The summed E-state index contributed by atoms with van der Waals surface area (Å²) in [7, 11) is 0. The van der Waals surface area contributed by atoms with Gasteiger partial charge < -0.3 is 16.2 Å². The van der Waals surface area contributed by atoms with Gasteiger partial charge in [0, 0.05) is 23.9 Å². The molecule has 0 spiro atoms. The predicted molar refractivity (Wildman–Crippen MR) is 96.3 cm³/mol. The van der Waals surface area contributed by atoms with E-state index >= 15 is 0 Å². The molecule has 0 aliphatic rings. The largest absolute Gasteiger partial charge is 0.478 e. The van der Waals surface area contributed by atoms with Crippen LogP contribution in [0.1, 0.15) is 16.7 Å². The molecule has 0 aromatic heterocycles. The maximum atomic E-state index is 10.4. The van der Waals surface area contributed by atoms with E-state index in [0.717, 1.165) is 22.9 Å². The fourth-order valence-electron chi connectivity index (χ4n) is 1.89. The minimum Gasteiger partial charge on any atom is -0.478 e. The smallest absolute Gasteiger partial charge is 0.328 e. The minimum atomic E-state index is -0.959. The minimum absolute atomic E-state index is 0.0524. The van der Waals surface area contributed by atoms with Crippen LogP contribution in [0.5, 0.6) is 0 Å². The normalized spacial score (nSPS) is 9.92. The Kier molecular flexibility index (Phi) is 7.69. The monoisotopic (exact) mass is 327 g/mol. The van der Waals surface area contributed by atoms with E-state index in [4.69, 9.17) is 16.2 Å². The molecule has 0 unspecified atom stereocenters. The fraction of sp³-hybridized carbons (Fsp3) is 0.0588. The molecule has 0 saturated heterocycles. The molecule has 0 aliphatic carbocycles. The molecule has 0 amide bonds. The number of aliphatic carboxylic acids is 1. The molecule has 0 saturated carbocycles. The maximum absolute atomic E-state index is 10.4. The van der Waals surface area contributed by atoms with Crippen LogP contribution in [0.25, 0.3) is 6.08 Å². The molecule has 0 bridgehead atoms.